The molecule has 1 heterocycles. The van der Waals surface area contributed by atoms with Crippen LogP contribution in [0.1, 0.15) is 18.5 Å². The maximum absolute atomic E-state index is 13.6. The van der Waals surface area contributed by atoms with Crippen LogP contribution in [-0.2, 0) is 0 Å². The van der Waals surface area contributed by atoms with Crippen molar-refractivity contribution in [2.45, 2.75) is 13.0 Å². The van der Waals surface area contributed by atoms with E-state index < -0.39 is 23.7 Å². The Hall–Kier alpha value is -2.77. The summed E-state index contributed by atoms with van der Waals surface area (Å²) in [5, 5.41) is 8.14. The van der Waals surface area contributed by atoms with E-state index in [1.54, 1.807) is 25.5 Å². The van der Waals surface area contributed by atoms with Gasteiger partial charge in [0.15, 0.2) is 0 Å². The summed E-state index contributed by atoms with van der Waals surface area (Å²) in [5.74, 6) is -0.517. The maximum Gasteiger partial charge on any atom is 0.315 e. The minimum absolute atomic E-state index is 0.0952. The van der Waals surface area contributed by atoms with Crippen molar-refractivity contribution in [3.05, 3.63) is 54.0 Å². The summed E-state index contributed by atoms with van der Waals surface area (Å²) in [6.07, 6.45) is 4.68. The van der Waals surface area contributed by atoms with Gasteiger partial charge in [0.2, 0.25) is 0 Å². The number of anilines is 1. The van der Waals surface area contributed by atoms with Crippen molar-refractivity contribution in [1.29, 1.82) is 0 Å². The van der Waals surface area contributed by atoms with Gasteiger partial charge in [-0.3, -0.25) is 4.98 Å². The lowest BCUT2D eigenvalue weighted by molar-refractivity contribution is 0.238. The highest BCUT2D eigenvalue weighted by Gasteiger charge is 2.14. The van der Waals surface area contributed by atoms with Gasteiger partial charge in [0, 0.05) is 31.0 Å². The van der Waals surface area contributed by atoms with E-state index >= 15 is 0 Å². The molecule has 0 aliphatic heterocycles. The van der Waals surface area contributed by atoms with E-state index in [2.05, 4.69) is 25.9 Å². The highest BCUT2D eigenvalue weighted by atomic mass is 19.1. The van der Waals surface area contributed by atoms with E-state index in [0.717, 1.165) is 18.2 Å². The van der Waals surface area contributed by atoms with Gasteiger partial charge >= 0.3 is 6.03 Å². The van der Waals surface area contributed by atoms with E-state index in [0.29, 0.717) is 18.9 Å². The fourth-order valence-corrected chi connectivity index (χ4v) is 1.93. The van der Waals surface area contributed by atoms with Crippen LogP contribution in [-0.4, -0.2) is 29.1 Å². The number of halogens is 2. The number of rotatable bonds is 6. The molecule has 6 nitrogen and oxygen atoms in total. The largest absolute Gasteiger partial charge is 0.367 e. The molecule has 0 bridgehead atoms. The number of benzene rings is 1. The zero-order valence-corrected chi connectivity index (χ0v) is 12.5. The Morgan fingerprint density at radius 2 is 2.09 bits per heavy atom. The highest BCUT2D eigenvalue weighted by Crippen LogP contribution is 2.17. The number of nitrogens with one attached hydrogen (secondary N) is 3. The molecule has 0 saturated heterocycles. The fraction of sp³-hybridized carbons (Fsp3) is 0.267. The lowest BCUT2D eigenvalue weighted by Gasteiger charge is -2.16. The Balaban J connectivity index is 1.75. The molecule has 3 N–H and O–H groups in total. The number of carbonyl (C=O) groups is 1. The van der Waals surface area contributed by atoms with Gasteiger partial charge in [0.25, 0.3) is 0 Å². The first-order chi connectivity index (χ1) is 11.1. The second kappa shape index (κ2) is 8.02. The van der Waals surface area contributed by atoms with E-state index in [4.69, 9.17) is 0 Å². The van der Waals surface area contributed by atoms with Gasteiger partial charge in [0.1, 0.15) is 17.5 Å². The van der Waals surface area contributed by atoms with E-state index in [9.17, 15) is 13.6 Å². The summed E-state index contributed by atoms with van der Waals surface area (Å²) in [6, 6.07) is 2.01. The first kappa shape index (κ1) is 16.6. The SMILES string of the molecule is C[C@H](NC(=O)NCCNc1cnccn1)c1cc(F)ccc1F. The quantitative estimate of drug-likeness (QED) is 0.713. The number of hydrogen-bond donors (Lipinski definition) is 3. The molecule has 0 aliphatic carbocycles. The summed E-state index contributed by atoms with van der Waals surface area (Å²) < 4.78 is 26.7. The Kier molecular flexibility index (Phi) is 5.79. The molecule has 1 aromatic heterocycles. The lowest BCUT2D eigenvalue weighted by Crippen LogP contribution is -2.39. The van der Waals surface area contributed by atoms with Crippen molar-refractivity contribution < 1.29 is 13.6 Å². The molecular formula is C15H17F2N5O. The lowest BCUT2D eigenvalue weighted by atomic mass is 10.1. The van der Waals surface area contributed by atoms with Crippen molar-refractivity contribution in [1.82, 2.24) is 20.6 Å². The number of hydrogen-bond acceptors (Lipinski definition) is 4. The number of carbonyl (C=O) groups excluding carboxylic acids is 1. The van der Waals surface area contributed by atoms with E-state index in [-0.39, 0.29) is 5.56 Å². The Labute approximate surface area is 132 Å². The second-order valence-electron chi connectivity index (χ2n) is 4.81. The standard InChI is InChI=1S/C15H17F2N5O/c1-10(12-8-11(16)2-3-13(12)17)22-15(23)21-7-6-20-14-9-18-4-5-19-14/h2-5,8-10H,6-7H2,1H3,(H,19,20)(H2,21,22,23)/t10-/m0/s1. The molecule has 2 aromatic rings. The van der Waals surface area contributed by atoms with Crippen LogP contribution < -0.4 is 16.0 Å². The second-order valence-corrected chi connectivity index (χ2v) is 4.81. The van der Waals surface area contributed by atoms with Crippen LogP contribution in [0.4, 0.5) is 19.4 Å². The normalized spacial score (nSPS) is 11.6. The summed E-state index contributed by atoms with van der Waals surface area (Å²) in [4.78, 5) is 19.7. The zero-order valence-electron chi connectivity index (χ0n) is 12.5. The molecule has 1 atom stereocenters. The maximum atomic E-state index is 13.6. The minimum Gasteiger partial charge on any atom is -0.367 e. The molecule has 23 heavy (non-hydrogen) atoms. The zero-order chi connectivity index (χ0) is 16.7. The smallest absolute Gasteiger partial charge is 0.315 e. The van der Waals surface area contributed by atoms with Crippen molar-refractivity contribution >= 4 is 11.8 Å². The minimum atomic E-state index is -0.654. The van der Waals surface area contributed by atoms with E-state index in [1.807, 2.05) is 0 Å². The van der Waals surface area contributed by atoms with Gasteiger partial charge in [-0.05, 0) is 25.1 Å². The molecule has 8 heteroatoms. The monoisotopic (exact) mass is 321 g/mol. The third-order valence-corrected chi connectivity index (χ3v) is 3.05. The van der Waals surface area contributed by atoms with Crippen LogP contribution >= 0.6 is 0 Å². The van der Waals surface area contributed by atoms with Gasteiger partial charge in [0.05, 0.1) is 12.2 Å². The molecule has 0 saturated carbocycles. The van der Waals surface area contributed by atoms with Gasteiger partial charge < -0.3 is 16.0 Å². The van der Waals surface area contributed by atoms with Gasteiger partial charge in [-0.1, -0.05) is 0 Å². The number of urea groups is 1. The van der Waals surface area contributed by atoms with Crippen LogP contribution in [0.25, 0.3) is 0 Å². The summed E-state index contributed by atoms with van der Waals surface area (Å²) in [5.41, 5.74) is 0.0952. The summed E-state index contributed by atoms with van der Waals surface area (Å²) in [7, 11) is 0. The number of amides is 2. The number of aromatic nitrogens is 2. The molecule has 2 rings (SSSR count). The predicted molar refractivity (Wildman–Crippen MR) is 81.8 cm³/mol. The molecular weight excluding hydrogens is 304 g/mol. The van der Waals surface area contributed by atoms with Crippen LogP contribution in [0.5, 0.6) is 0 Å². The molecule has 0 unspecified atom stereocenters. The average molecular weight is 321 g/mol. The Bertz CT molecular complexity index is 654. The predicted octanol–water partition coefficient (Wildman–Crippen LogP) is 2.23. The molecule has 122 valence electrons. The summed E-state index contributed by atoms with van der Waals surface area (Å²) in [6.45, 7) is 2.37. The van der Waals surface area contributed by atoms with Crippen LogP contribution in [0.3, 0.4) is 0 Å². The first-order valence-corrected chi connectivity index (χ1v) is 7.05. The van der Waals surface area contributed by atoms with Crippen molar-refractivity contribution in [2.75, 3.05) is 18.4 Å². The van der Waals surface area contributed by atoms with Crippen molar-refractivity contribution in [2.24, 2.45) is 0 Å². The molecule has 0 spiro atoms. The number of nitrogens with zero attached hydrogens (tertiary/aromatic N) is 2. The molecule has 0 aliphatic rings. The van der Waals surface area contributed by atoms with Crippen LogP contribution in [0.15, 0.2) is 36.8 Å². The Morgan fingerprint density at radius 3 is 2.83 bits per heavy atom. The van der Waals surface area contributed by atoms with Crippen molar-refractivity contribution in [3.63, 3.8) is 0 Å². The first-order valence-electron chi connectivity index (χ1n) is 7.05. The summed E-state index contributed by atoms with van der Waals surface area (Å²) >= 11 is 0. The van der Waals surface area contributed by atoms with Crippen LogP contribution in [0, 0.1) is 11.6 Å². The van der Waals surface area contributed by atoms with E-state index in [1.165, 1.54) is 0 Å². The van der Waals surface area contributed by atoms with Gasteiger partial charge in [-0.25, -0.2) is 18.6 Å². The molecule has 2 amide bonds. The Morgan fingerprint density at radius 1 is 1.26 bits per heavy atom. The topological polar surface area (TPSA) is 78.9 Å². The van der Waals surface area contributed by atoms with Crippen LogP contribution in [0.2, 0.25) is 0 Å². The molecule has 0 radical (unpaired) electrons. The van der Waals surface area contributed by atoms with Gasteiger partial charge in [-0.2, -0.15) is 0 Å². The third kappa shape index (κ3) is 5.17. The third-order valence-electron chi connectivity index (χ3n) is 3.05. The van der Waals surface area contributed by atoms with Crippen molar-refractivity contribution in [3.8, 4) is 0 Å². The molecule has 0 fully saturated rings. The van der Waals surface area contributed by atoms with Gasteiger partial charge in [-0.15, -0.1) is 0 Å². The fourth-order valence-electron chi connectivity index (χ4n) is 1.93. The molecule has 1 aromatic carbocycles. The highest BCUT2D eigenvalue weighted by molar-refractivity contribution is 5.74. The average Bonchev–Trinajstić information content (AvgIpc) is 2.54.